The van der Waals surface area contributed by atoms with Gasteiger partial charge < -0.3 is 5.73 Å². The van der Waals surface area contributed by atoms with Crippen molar-refractivity contribution in [1.82, 2.24) is 4.90 Å². The molecule has 2 N–H and O–H groups in total. The van der Waals surface area contributed by atoms with E-state index in [1.54, 1.807) is 0 Å². The number of hydrogen-bond donors (Lipinski definition) is 1. The number of rotatable bonds is 5. The first-order chi connectivity index (χ1) is 5.77. The summed E-state index contributed by atoms with van der Waals surface area (Å²) in [5, 5.41) is 0. The molecule has 0 radical (unpaired) electrons. The Balaban J connectivity index is 2.23. The molecule has 12 heavy (non-hydrogen) atoms. The molecule has 0 saturated heterocycles. The normalized spacial score (nSPS) is 21.0. The lowest BCUT2D eigenvalue weighted by Crippen LogP contribution is -2.42. The minimum atomic E-state index is 0.565. The smallest absolute Gasteiger partial charge is 0.0190 e. The summed E-state index contributed by atoms with van der Waals surface area (Å²) in [5.41, 5.74) is 5.64. The predicted molar refractivity (Wildman–Crippen MR) is 53.1 cm³/mol. The van der Waals surface area contributed by atoms with E-state index in [0.29, 0.717) is 6.04 Å². The molecule has 0 bridgehead atoms. The van der Waals surface area contributed by atoms with Crippen LogP contribution in [0.25, 0.3) is 0 Å². The van der Waals surface area contributed by atoms with Crippen molar-refractivity contribution in [3.63, 3.8) is 0 Å². The minimum Gasteiger partial charge on any atom is -0.329 e. The molecule has 1 aliphatic carbocycles. The van der Waals surface area contributed by atoms with Crippen molar-refractivity contribution in [1.29, 1.82) is 0 Å². The molecule has 0 aromatic rings. The molecule has 1 rings (SSSR count). The fourth-order valence-corrected chi connectivity index (χ4v) is 1.78. The average Bonchev–Trinajstić information content (AvgIpc) is 2.02. The fourth-order valence-electron chi connectivity index (χ4n) is 1.78. The highest BCUT2D eigenvalue weighted by atomic mass is 15.2. The molecule has 0 amide bonds. The molecule has 1 fully saturated rings. The van der Waals surface area contributed by atoms with Gasteiger partial charge in [-0.05, 0) is 32.2 Å². The monoisotopic (exact) mass is 170 g/mol. The van der Waals surface area contributed by atoms with Gasteiger partial charge in [0, 0.05) is 19.1 Å². The van der Waals surface area contributed by atoms with Crippen LogP contribution < -0.4 is 5.73 Å². The van der Waals surface area contributed by atoms with Gasteiger partial charge in [0.1, 0.15) is 0 Å². The summed E-state index contributed by atoms with van der Waals surface area (Å²) in [6, 6.07) is 0.565. The Kier molecular flexibility index (Phi) is 4.02. The second kappa shape index (κ2) is 4.83. The molecule has 2 nitrogen and oxygen atoms in total. The van der Waals surface area contributed by atoms with Crippen molar-refractivity contribution in [2.24, 2.45) is 11.7 Å². The van der Waals surface area contributed by atoms with Gasteiger partial charge in [0.15, 0.2) is 0 Å². The molecule has 0 spiro atoms. The van der Waals surface area contributed by atoms with Crippen LogP contribution in [-0.4, -0.2) is 30.6 Å². The highest BCUT2D eigenvalue weighted by molar-refractivity contribution is 4.76. The maximum absolute atomic E-state index is 5.64. The predicted octanol–water partition coefficient (Wildman–Crippen LogP) is 1.46. The third-order valence-electron chi connectivity index (χ3n) is 3.09. The second-order valence-electron chi connectivity index (χ2n) is 3.97. The van der Waals surface area contributed by atoms with Crippen molar-refractivity contribution >= 4 is 0 Å². The maximum Gasteiger partial charge on any atom is 0.0190 e. The van der Waals surface area contributed by atoms with Crippen LogP contribution in [0.5, 0.6) is 0 Å². The average molecular weight is 170 g/mol. The topological polar surface area (TPSA) is 29.3 Å². The van der Waals surface area contributed by atoms with Crippen LogP contribution in [0, 0.1) is 5.92 Å². The summed E-state index contributed by atoms with van der Waals surface area (Å²) in [6.07, 6.45) is 4.32. The first kappa shape index (κ1) is 10.0. The first-order valence-electron chi connectivity index (χ1n) is 5.22. The lowest BCUT2D eigenvalue weighted by molar-refractivity contribution is 0.149. The molecule has 0 heterocycles. The molecule has 0 aliphatic heterocycles. The summed E-state index contributed by atoms with van der Waals surface area (Å²) < 4.78 is 0. The third-order valence-corrected chi connectivity index (χ3v) is 3.09. The summed E-state index contributed by atoms with van der Waals surface area (Å²) in [6.45, 7) is 7.66. The van der Waals surface area contributed by atoms with Crippen LogP contribution in [0.1, 0.15) is 33.1 Å². The van der Waals surface area contributed by atoms with E-state index in [0.717, 1.165) is 19.0 Å². The van der Waals surface area contributed by atoms with Gasteiger partial charge in [0.25, 0.3) is 0 Å². The van der Waals surface area contributed by atoms with Gasteiger partial charge in [0.05, 0.1) is 0 Å². The van der Waals surface area contributed by atoms with E-state index in [4.69, 9.17) is 5.73 Å². The van der Waals surface area contributed by atoms with Crippen LogP contribution in [-0.2, 0) is 0 Å². The Morgan fingerprint density at radius 1 is 1.50 bits per heavy atom. The number of hydrogen-bond acceptors (Lipinski definition) is 2. The molecule has 2 heteroatoms. The van der Waals surface area contributed by atoms with Gasteiger partial charge in [0.2, 0.25) is 0 Å². The van der Waals surface area contributed by atoms with Crippen molar-refractivity contribution in [2.75, 3.05) is 19.6 Å². The van der Waals surface area contributed by atoms with Crippen molar-refractivity contribution in [3.05, 3.63) is 0 Å². The van der Waals surface area contributed by atoms with Gasteiger partial charge in [-0.25, -0.2) is 0 Å². The summed E-state index contributed by atoms with van der Waals surface area (Å²) in [7, 11) is 0. The molecule has 1 saturated carbocycles. The standard InChI is InChI=1S/C10H22N2/c1-3-12(9(2)7-11)8-10-5-4-6-10/h9-10H,3-8,11H2,1-2H3. The van der Waals surface area contributed by atoms with Crippen molar-refractivity contribution in [3.8, 4) is 0 Å². The Bertz CT molecular complexity index is 121. The van der Waals surface area contributed by atoms with Gasteiger partial charge in [-0.15, -0.1) is 0 Å². The summed E-state index contributed by atoms with van der Waals surface area (Å²) in [5.74, 6) is 0.971. The zero-order valence-electron chi connectivity index (χ0n) is 8.42. The maximum atomic E-state index is 5.64. The molecule has 1 aliphatic rings. The van der Waals surface area contributed by atoms with E-state index in [9.17, 15) is 0 Å². The SMILES string of the molecule is CCN(CC1CCC1)C(C)CN. The van der Waals surface area contributed by atoms with E-state index in [1.807, 2.05) is 0 Å². The first-order valence-corrected chi connectivity index (χ1v) is 5.22. The van der Waals surface area contributed by atoms with Crippen LogP contribution in [0.3, 0.4) is 0 Å². The number of nitrogens with two attached hydrogens (primary N) is 1. The van der Waals surface area contributed by atoms with Crippen LogP contribution in [0.4, 0.5) is 0 Å². The second-order valence-corrected chi connectivity index (χ2v) is 3.97. The van der Waals surface area contributed by atoms with Gasteiger partial charge in [-0.1, -0.05) is 13.3 Å². The molecular weight excluding hydrogens is 148 g/mol. The summed E-state index contributed by atoms with van der Waals surface area (Å²) in [4.78, 5) is 2.50. The molecule has 0 aromatic carbocycles. The van der Waals surface area contributed by atoms with E-state index in [2.05, 4.69) is 18.7 Å². The van der Waals surface area contributed by atoms with Crippen LogP contribution >= 0.6 is 0 Å². The van der Waals surface area contributed by atoms with Crippen molar-refractivity contribution < 1.29 is 0 Å². The highest BCUT2D eigenvalue weighted by Gasteiger charge is 2.21. The molecule has 72 valence electrons. The van der Waals surface area contributed by atoms with Crippen LogP contribution in [0.15, 0.2) is 0 Å². The van der Waals surface area contributed by atoms with Crippen molar-refractivity contribution in [2.45, 2.75) is 39.2 Å². The molecule has 0 aromatic heterocycles. The van der Waals surface area contributed by atoms with Gasteiger partial charge >= 0.3 is 0 Å². The van der Waals surface area contributed by atoms with E-state index >= 15 is 0 Å². The Labute approximate surface area is 76.1 Å². The Hall–Kier alpha value is -0.0800. The van der Waals surface area contributed by atoms with E-state index < -0.39 is 0 Å². The fraction of sp³-hybridized carbons (Fsp3) is 1.00. The lowest BCUT2D eigenvalue weighted by Gasteiger charge is -2.34. The Morgan fingerprint density at radius 2 is 2.17 bits per heavy atom. The quantitative estimate of drug-likeness (QED) is 0.677. The lowest BCUT2D eigenvalue weighted by atomic mass is 9.85. The molecule has 1 unspecified atom stereocenters. The van der Waals surface area contributed by atoms with E-state index in [-0.39, 0.29) is 0 Å². The van der Waals surface area contributed by atoms with Crippen LogP contribution in [0.2, 0.25) is 0 Å². The zero-order valence-corrected chi connectivity index (χ0v) is 8.42. The Morgan fingerprint density at radius 3 is 2.50 bits per heavy atom. The number of likely N-dealkylation sites (N-methyl/N-ethyl adjacent to an activating group) is 1. The minimum absolute atomic E-state index is 0.565. The highest BCUT2D eigenvalue weighted by Crippen LogP contribution is 2.27. The summed E-state index contributed by atoms with van der Waals surface area (Å²) >= 11 is 0. The van der Waals surface area contributed by atoms with Gasteiger partial charge in [-0.2, -0.15) is 0 Å². The molecular formula is C10H22N2. The zero-order chi connectivity index (χ0) is 8.97. The van der Waals surface area contributed by atoms with E-state index in [1.165, 1.54) is 25.8 Å². The molecule has 1 atom stereocenters. The van der Waals surface area contributed by atoms with Gasteiger partial charge in [-0.3, -0.25) is 4.90 Å². The largest absolute Gasteiger partial charge is 0.329 e. The number of nitrogens with zero attached hydrogens (tertiary/aromatic N) is 1. The third kappa shape index (κ3) is 2.46.